The number of nitrogens with zero attached hydrogens (tertiary/aromatic N) is 3. The molecule has 0 radical (unpaired) electrons. The quantitative estimate of drug-likeness (QED) is 0.630. The molecule has 148 valence electrons. The molecule has 0 bridgehead atoms. The number of nitrogens with one attached hydrogen (secondary N) is 1. The topological polar surface area (TPSA) is 76.9 Å². The third-order valence-electron chi connectivity index (χ3n) is 5.37. The average Bonchev–Trinajstić information content (AvgIpc) is 3.38. The summed E-state index contributed by atoms with van der Waals surface area (Å²) in [7, 11) is 0. The Kier molecular flexibility index (Phi) is 5.51. The van der Waals surface area contributed by atoms with E-state index in [1.165, 1.54) is 11.1 Å². The first kappa shape index (κ1) is 19.1. The number of pyridine rings is 1. The highest BCUT2D eigenvalue weighted by molar-refractivity contribution is 5.98. The summed E-state index contributed by atoms with van der Waals surface area (Å²) >= 11 is 0. The predicted octanol–water partition coefficient (Wildman–Crippen LogP) is 3.34. The van der Waals surface area contributed by atoms with Crippen molar-refractivity contribution in [3.8, 4) is 5.82 Å². The molecule has 2 heterocycles. The molecular weight excluding hydrogens is 364 g/mol. The summed E-state index contributed by atoms with van der Waals surface area (Å²) in [6.07, 6.45) is 9.01. The highest BCUT2D eigenvalue weighted by Gasteiger charge is 2.15. The molecule has 0 aliphatic heterocycles. The Balaban J connectivity index is 1.29. The van der Waals surface area contributed by atoms with Gasteiger partial charge in [0.2, 0.25) is 5.91 Å². The molecule has 1 N–H and O–H groups in total. The summed E-state index contributed by atoms with van der Waals surface area (Å²) in [6.45, 7) is 2.31. The van der Waals surface area contributed by atoms with Crippen LogP contribution in [0.3, 0.4) is 0 Å². The summed E-state index contributed by atoms with van der Waals surface area (Å²) < 4.78 is 1.89. The summed E-state index contributed by atoms with van der Waals surface area (Å²) in [5, 5.41) is 2.89. The van der Waals surface area contributed by atoms with Gasteiger partial charge in [0.05, 0.1) is 0 Å². The van der Waals surface area contributed by atoms with Gasteiger partial charge >= 0.3 is 0 Å². The molecule has 4 rings (SSSR count). The van der Waals surface area contributed by atoms with Crippen LogP contribution < -0.4 is 5.32 Å². The Morgan fingerprint density at radius 2 is 1.90 bits per heavy atom. The van der Waals surface area contributed by atoms with Crippen LogP contribution in [0.5, 0.6) is 0 Å². The molecule has 1 amide bonds. The lowest BCUT2D eigenvalue weighted by atomic mass is 10.0. The van der Waals surface area contributed by atoms with Crippen molar-refractivity contribution in [2.24, 2.45) is 0 Å². The number of rotatable bonds is 7. The number of Topliss-reactive ketones (excluding diaryl/α,β-unsaturated/α-hetero) is 1. The van der Waals surface area contributed by atoms with E-state index in [2.05, 4.69) is 21.4 Å². The van der Waals surface area contributed by atoms with E-state index >= 15 is 0 Å². The molecule has 1 aromatic carbocycles. The van der Waals surface area contributed by atoms with Gasteiger partial charge in [-0.25, -0.2) is 9.97 Å². The minimum absolute atomic E-state index is 0.0247. The predicted molar refractivity (Wildman–Crippen MR) is 110 cm³/mol. The zero-order valence-corrected chi connectivity index (χ0v) is 16.5. The summed E-state index contributed by atoms with van der Waals surface area (Å²) in [5.74, 6) is 1.51. The molecule has 0 atom stereocenters. The standard InChI is InChI=1S/C23H24N4O2/c1-16-24-11-12-27(16)22-13-17(9-10-25-22)15-26-23(29)8-7-21(28)20-6-5-18-3-2-4-19(18)14-20/h5-6,9-14H,2-4,7-8,15H2,1H3,(H,26,29). The fourth-order valence-electron chi connectivity index (χ4n) is 3.73. The van der Waals surface area contributed by atoms with Gasteiger partial charge in [-0.15, -0.1) is 0 Å². The van der Waals surface area contributed by atoms with Crippen LogP contribution in [-0.2, 0) is 24.2 Å². The van der Waals surface area contributed by atoms with Crippen LogP contribution >= 0.6 is 0 Å². The Labute approximate surface area is 170 Å². The van der Waals surface area contributed by atoms with Crippen LogP contribution in [0.1, 0.15) is 52.1 Å². The van der Waals surface area contributed by atoms with Gasteiger partial charge in [-0.2, -0.15) is 0 Å². The maximum Gasteiger partial charge on any atom is 0.220 e. The SMILES string of the molecule is Cc1nccn1-c1cc(CNC(=O)CCC(=O)c2ccc3c(c2)CCC3)ccn1. The van der Waals surface area contributed by atoms with Crippen LogP contribution in [0.2, 0.25) is 0 Å². The minimum atomic E-state index is -0.128. The number of carbonyl (C=O) groups excluding carboxylic acids is 2. The van der Waals surface area contributed by atoms with Crippen molar-refractivity contribution in [1.29, 1.82) is 0 Å². The van der Waals surface area contributed by atoms with Crippen molar-refractivity contribution in [2.75, 3.05) is 0 Å². The number of imidazole rings is 1. The van der Waals surface area contributed by atoms with Gasteiger partial charge in [-0.1, -0.05) is 12.1 Å². The Morgan fingerprint density at radius 1 is 1.03 bits per heavy atom. The summed E-state index contributed by atoms with van der Waals surface area (Å²) in [4.78, 5) is 33.2. The number of hydrogen-bond acceptors (Lipinski definition) is 4. The fraction of sp³-hybridized carbons (Fsp3) is 0.304. The zero-order valence-electron chi connectivity index (χ0n) is 16.5. The number of fused-ring (bicyclic) bond motifs is 1. The molecule has 0 unspecified atom stereocenters. The van der Waals surface area contributed by atoms with Crippen LogP contribution in [0.15, 0.2) is 48.9 Å². The lowest BCUT2D eigenvalue weighted by Gasteiger charge is -2.08. The highest BCUT2D eigenvalue weighted by atomic mass is 16.2. The van der Waals surface area contributed by atoms with Crippen LogP contribution in [0, 0.1) is 6.92 Å². The second-order valence-electron chi connectivity index (χ2n) is 7.40. The van der Waals surface area contributed by atoms with Crippen LogP contribution in [0.4, 0.5) is 0 Å². The molecule has 0 saturated carbocycles. The molecule has 29 heavy (non-hydrogen) atoms. The van der Waals surface area contributed by atoms with Gasteiger partial charge in [0.15, 0.2) is 5.78 Å². The van der Waals surface area contributed by atoms with E-state index in [1.807, 2.05) is 42.0 Å². The largest absolute Gasteiger partial charge is 0.352 e. The van der Waals surface area contributed by atoms with Crippen molar-refractivity contribution in [1.82, 2.24) is 19.9 Å². The number of aromatic nitrogens is 3. The first-order valence-electron chi connectivity index (χ1n) is 9.97. The number of amides is 1. The molecule has 0 saturated heterocycles. The second kappa shape index (κ2) is 8.39. The Bertz CT molecular complexity index is 1050. The molecule has 0 fully saturated rings. The Hall–Kier alpha value is -3.28. The number of aryl methyl sites for hydroxylation is 3. The van der Waals surface area contributed by atoms with Gasteiger partial charge in [-0.3, -0.25) is 14.2 Å². The van der Waals surface area contributed by atoms with Gasteiger partial charge in [0.25, 0.3) is 0 Å². The molecule has 6 nitrogen and oxygen atoms in total. The van der Waals surface area contributed by atoms with E-state index in [1.54, 1.807) is 12.4 Å². The number of carbonyl (C=O) groups is 2. The van der Waals surface area contributed by atoms with Gasteiger partial charge in [0, 0.05) is 43.5 Å². The fourth-order valence-corrected chi connectivity index (χ4v) is 3.73. The molecule has 1 aliphatic carbocycles. The maximum absolute atomic E-state index is 12.4. The monoisotopic (exact) mass is 388 g/mol. The number of ketones is 1. The van der Waals surface area contributed by atoms with Crippen molar-refractivity contribution >= 4 is 11.7 Å². The highest BCUT2D eigenvalue weighted by Crippen LogP contribution is 2.23. The van der Waals surface area contributed by atoms with Gasteiger partial charge in [-0.05, 0) is 61.1 Å². The molecule has 2 aromatic heterocycles. The van der Waals surface area contributed by atoms with E-state index < -0.39 is 0 Å². The van der Waals surface area contributed by atoms with E-state index in [4.69, 9.17) is 0 Å². The lowest BCUT2D eigenvalue weighted by Crippen LogP contribution is -2.23. The van der Waals surface area contributed by atoms with E-state index in [9.17, 15) is 9.59 Å². The Morgan fingerprint density at radius 3 is 2.72 bits per heavy atom. The summed E-state index contributed by atoms with van der Waals surface area (Å²) in [6, 6.07) is 9.73. The van der Waals surface area contributed by atoms with E-state index in [-0.39, 0.29) is 24.5 Å². The van der Waals surface area contributed by atoms with E-state index in [0.717, 1.165) is 36.5 Å². The van der Waals surface area contributed by atoms with Gasteiger partial charge in [0.1, 0.15) is 11.6 Å². The number of hydrogen-bond donors (Lipinski definition) is 1. The third-order valence-corrected chi connectivity index (χ3v) is 5.37. The molecule has 1 aliphatic rings. The molecular formula is C23H24N4O2. The number of benzene rings is 1. The molecule has 0 spiro atoms. The van der Waals surface area contributed by atoms with Crippen molar-refractivity contribution in [3.05, 3.63) is 77.0 Å². The average molecular weight is 388 g/mol. The maximum atomic E-state index is 12.4. The molecule has 6 heteroatoms. The van der Waals surface area contributed by atoms with Crippen LogP contribution in [-0.4, -0.2) is 26.2 Å². The third kappa shape index (κ3) is 4.42. The first-order chi connectivity index (χ1) is 14.1. The minimum Gasteiger partial charge on any atom is -0.352 e. The van der Waals surface area contributed by atoms with Crippen LogP contribution in [0.25, 0.3) is 5.82 Å². The molecule has 3 aromatic rings. The lowest BCUT2D eigenvalue weighted by molar-refractivity contribution is -0.121. The summed E-state index contributed by atoms with van der Waals surface area (Å²) in [5.41, 5.74) is 4.29. The van der Waals surface area contributed by atoms with Crippen molar-refractivity contribution in [2.45, 2.75) is 45.6 Å². The first-order valence-corrected chi connectivity index (χ1v) is 9.97. The second-order valence-corrected chi connectivity index (χ2v) is 7.40. The smallest absolute Gasteiger partial charge is 0.220 e. The van der Waals surface area contributed by atoms with Crippen molar-refractivity contribution in [3.63, 3.8) is 0 Å². The van der Waals surface area contributed by atoms with Gasteiger partial charge < -0.3 is 5.32 Å². The zero-order chi connectivity index (χ0) is 20.2. The van der Waals surface area contributed by atoms with E-state index in [0.29, 0.717) is 12.1 Å². The van der Waals surface area contributed by atoms with Crippen molar-refractivity contribution < 1.29 is 9.59 Å². The normalized spacial score (nSPS) is 12.6.